The maximum absolute atomic E-state index is 9.90. The van der Waals surface area contributed by atoms with E-state index in [1.54, 1.807) is 0 Å². The Morgan fingerprint density at radius 3 is 2.36 bits per heavy atom. The molecule has 0 bridgehead atoms. The third-order valence-electron chi connectivity index (χ3n) is 2.73. The van der Waals surface area contributed by atoms with E-state index in [1.807, 2.05) is 20.8 Å². The molecule has 0 aliphatic rings. The van der Waals surface area contributed by atoms with Crippen LogP contribution in [0.5, 0.6) is 5.75 Å². The molecule has 0 radical (unpaired) electrons. The number of aryl methyl sites for hydroxylation is 2. The van der Waals surface area contributed by atoms with Gasteiger partial charge in [-0.2, -0.15) is 0 Å². The summed E-state index contributed by atoms with van der Waals surface area (Å²) in [6.07, 6.45) is 1.45. The summed E-state index contributed by atoms with van der Waals surface area (Å²) in [6.45, 7) is 6.09. The first-order valence-corrected chi connectivity index (χ1v) is 4.97. The molecule has 0 atom stereocenters. The van der Waals surface area contributed by atoms with Crippen molar-refractivity contribution in [1.82, 2.24) is 0 Å². The molecule has 1 aromatic rings. The summed E-state index contributed by atoms with van der Waals surface area (Å²) < 4.78 is 0. The fourth-order valence-electron chi connectivity index (χ4n) is 1.69. The number of aliphatic hydroxyl groups excluding tert-OH is 1. The van der Waals surface area contributed by atoms with E-state index in [9.17, 15) is 5.11 Å². The lowest BCUT2D eigenvalue weighted by atomic mass is 9.96. The molecule has 78 valence electrons. The topological polar surface area (TPSA) is 40.5 Å². The van der Waals surface area contributed by atoms with Gasteiger partial charge in [0.05, 0.1) is 0 Å². The zero-order valence-electron chi connectivity index (χ0n) is 9.09. The van der Waals surface area contributed by atoms with Gasteiger partial charge in [-0.25, -0.2) is 0 Å². The van der Waals surface area contributed by atoms with Crippen molar-refractivity contribution >= 4 is 0 Å². The Morgan fingerprint density at radius 2 is 1.79 bits per heavy atom. The SMILES string of the molecule is Cc1cc(C)c(CCCO)c(O)c1C. The van der Waals surface area contributed by atoms with Gasteiger partial charge >= 0.3 is 0 Å². The van der Waals surface area contributed by atoms with Crippen molar-refractivity contribution in [3.8, 4) is 5.75 Å². The second-order valence-electron chi connectivity index (χ2n) is 3.79. The molecule has 1 rings (SSSR count). The van der Waals surface area contributed by atoms with Gasteiger partial charge in [0.2, 0.25) is 0 Å². The molecule has 0 aliphatic heterocycles. The van der Waals surface area contributed by atoms with Crippen molar-refractivity contribution in [3.63, 3.8) is 0 Å². The molecule has 0 spiro atoms. The Balaban J connectivity index is 3.09. The second-order valence-corrected chi connectivity index (χ2v) is 3.79. The van der Waals surface area contributed by atoms with Crippen LogP contribution in [0.2, 0.25) is 0 Å². The van der Waals surface area contributed by atoms with Crippen LogP contribution in [0.3, 0.4) is 0 Å². The molecule has 0 amide bonds. The average Bonchev–Trinajstić information content (AvgIpc) is 2.14. The summed E-state index contributed by atoms with van der Waals surface area (Å²) in [5.41, 5.74) is 4.15. The van der Waals surface area contributed by atoms with Crippen LogP contribution in [-0.4, -0.2) is 16.8 Å². The number of rotatable bonds is 3. The molecule has 2 nitrogen and oxygen atoms in total. The van der Waals surface area contributed by atoms with E-state index in [2.05, 4.69) is 6.07 Å². The maximum atomic E-state index is 9.90. The molecule has 0 saturated heterocycles. The minimum Gasteiger partial charge on any atom is -0.507 e. The van der Waals surface area contributed by atoms with E-state index < -0.39 is 0 Å². The van der Waals surface area contributed by atoms with Gasteiger partial charge in [0.25, 0.3) is 0 Å². The van der Waals surface area contributed by atoms with E-state index in [0.29, 0.717) is 12.2 Å². The highest BCUT2D eigenvalue weighted by Gasteiger charge is 2.09. The summed E-state index contributed by atoms with van der Waals surface area (Å²) >= 11 is 0. The van der Waals surface area contributed by atoms with Crippen LogP contribution in [0.15, 0.2) is 6.07 Å². The summed E-state index contributed by atoms with van der Waals surface area (Å²) in [4.78, 5) is 0. The van der Waals surface area contributed by atoms with Crippen LogP contribution in [-0.2, 0) is 6.42 Å². The average molecular weight is 194 g/mol. The van der Waals surface area contributed by atoms with Crippen LogP contribution in [0.25, 0.3) is 0 Å². The van der Waals surface area contributed by atoms with Crippen molar-refractivity contribution in [3.05, 3.63) is 28.3 Å². The summed E-state index contributed by atoms with van der Waals surface area (Å²) in [5.74, 6) is 0.399. The number of hydrogen-bond donors (Lipinski definition) is 2. The number of hydrogen-bond acceptors (Lipinski definition) is 2. The van der Waals surface area contributed by atoms with E-state index in [-0.39, 0.29) is 6.61 Å². The lowest BCUT2D eigenvalue weighted by Gasteiger charge is -2.12. The van der Waals surface area contributed by atoms with E-state index >= 15 is 0 Å². The Morgan fingerprint density at radius 1 is 1.14 bits per heavy atom. The molecular formula is C12H18O2. The van der Waals surface area contributed by atoms with Crippen LogP contribution < -0.4 is 0 Å². The Kier molecular flexibility index (Phi) is 3.53. The van der Waals surface area contributed by atoms with Crippen LogP contribution in [0.1, 0.15) is 28.7 Å². The third kappa shape index (κ3) is 2.07. The van der Waals surface area contributed by atoms with E-state index in [1.165, 1.54) is 0 Å². The smallest absolute Gasteiger partial charge is 0.122 e. The molecule has 2 heteroatoms. The molecular weight excluding hydrogens is 176 g/mol. The highest BCUT2D eigenvalue weighted by molar-refractivity contribution is 5.48. The van der Waals surface area contributed by atoms with Crippen molar-refractivity contribution in [2.45, 2.75) is 33.6 Å². The van der Waals surface area contributed by atoms with Crippen molar-refractivity contribution in [2.75, 3.05) is 6.61 Å². The van der Waals surface area contributed by atoms with Gasteiger partial charge in [-0.1, -0.05) is 6.07 Å². The van der Waals surface area contributed by atoms with Gasteiger partial charge in [-0.3, -0.25) is 0 Å². The van der Waals surface area contributed by atoms with Gasteiger partial charge in [-0.05, 0) is 55.9 Å². The number of phenols is 1. The number of aliphatic hydroxyl groups is 1. The Labute approximate surface area is 85.2 Å². The molecule has 0 fully saturated rings. The summed E-state index contributed by atoms with van der Waals surface area (Å²) in [6, 6.07) is 2.09. The van der Waals surface area contributed by atoms with Gasteiger partial charge < -0.3 is 10.2 Å². The lowest BCUT2D eigenvalue weighted by Crippen LogP contribution is -1.97. The summed E-state index contributed by atoms with van der Waals surface area (Å²) in [5, 5.41) is 18.7. The molecule has 0 aliphatic carbocycles. The van der Waals surface area contributed by atoms with Crippen molar-refractivity contribution in [2.24, 2.45) is 0 Å². The normalized spacial score (nSPS) is 10.6. The highest BCUT2D eigenvalue weighted by atomic mass is 16.3. The number of phenolic OH excluding ortho intramolecular Hbond substituents is 1. The lowest BCUT2D eigenvalue weighted by molar-refractivity contribution is 0.288. The van der Waals surface area contributed by atoms with E-state index in [4.69, 9.17) is 5.11 Å². The van der Waals surface area contributed by atoms with Crippen molar-refractivity contribution in [1.29, 1.82) is 0 Å². The first-order valence-electron chi connectivity index (χ1n) is 4.97. The zero-order valence-corrected chi connectivity index (χ0v) is 9.09. The fourth-order valence-corrected chi connectivity index (χ4v) is 1.69. The molecule has 1 aromatic carbocycles. The van der Waals surface area contributed by atoms with E-state index in [0.717, 1.165) is 28.7 Å². The standard InChI is InChI=1S/C12H18O2/c1-8-7-9(2)11(5-4-6-13)12(14)10(8)3/h7,13-14H,4-6H2,1-3H3. The number of aromatic hydroxyl groups is 1. The van der Waals surface area contributed by atoms with Crippen LogP contribution in [0.4, 0.5) is 0 Å². The molecule has 0 aromatic heterocycles. The molecule has 2 N–H and O–H groups in total. The monoisotopic (exact) mass is 194 g/mol. The minimum atomic E-state index is 0.172. The second kappa shape index (κ2) is 4.47. The first kappa shape index (κ1) is 11.1. The van der Waals surface area contributed by atoms with Gasteiger partial charge in [0.1, 0.15) is 5.75 Å². The molecule has 14 heavy (non-hydrogen) atoms. The van der Waals surface area contributed by atoms with Gasteiger partial charge in [-0.15, -0.1) is 0 Å². The largest absolute Gasteiger partial charge is 0.507 e. The predicted octanol–water partition coefficient (Wildman–Crippen LogP) is 2.24. The molecule has 0 heterocycles. The highest BCUT2D eigenvalue weighted by Crippen LogP contribution is 2.29. The summed E-state index contributed by atoms with van der Waals surface area (Å²) in [7, 11) is 0. The van der Waals surface area contributed by atoms with Crippen LogP contribution >= 0.6 is 0 Å². The third-order valence-corrected chi connectivity index (χ3v) is 2.73. The van der Waals surface area contributed by atoms with Gasteiger partial charge in [0, 0.05) is 6.61 Å². The molecule has 0 saturated carbocycles. The maximum Gasteiger partial charge on any atom is 0.122 e. The molecule has 0 unspecified atom stereocenters. The van der Waals surface area contributed by atoms with Crippen molar-refractivity contribution < 1.29 is 10.2 Å². The Hall–Kier alpha value is -1.02. The quantitative estimate of drug-likeness (QED) is 0.774. The fraction of sp³-hybridized carbons (Fsp3) is 0.500. The predicted molar refractivity (Wildman–Crippen MR) is 57.7 cm³/mol. The Bertz CT molecular complexity index is 330. The zero-order chi connectivity index (χ0) is 10.7. The first-order chi connectivity index (χ1) is 6.57. The van der Waals surface area contributed by atoms with Crippen LogP contribution in [0, 0.1) is 20.8 Å². The minimum absolute atomic E-state index is 0.172. The number of benzene rings is 1. The van der Waals surface area contributed by atoms with Gasteiger partial charge in [0.15, 0.2) is 0 Å².